The molecular weight excluding hydrogens is 248 g/mol. The van der Waals surface area contributed by atoms with Crippen LogP contribution in [-0.2, 0) is 0 Å². The molecule has 0 aliphatic carbocycles. The van der Waals surface area contributed by atoms with Gasteiger partial charge in [-0.15, -0.1) is 5.10 Å². The molecule has 0 aliphatic rings. The van der Waals surface area contributed by atoms with Crippen molar-refractivity contribution in [3.63, 3.8) is 0 Å². The zero-order chi connectivity index (χ0) is 14.4. The number of allylic oxidation sites excluding steroid dienone is 1. The Kier molecular flexibility index (Phi) is 5.07. The molecule has 0 unspecified atom stereocenters. The predicted molar refractivity (Wildman–Crippen MR) is 82.8 cm³/mol. The molecule has 0 aliphatic heterocycles. The minimum atomic E-state index is 0.528. The van der Waals surface area contributed by atoms with E-state index < -0.39 is 0 Å². The van der Waals surface area contributed by atoms with E-state index in [1.54, 1.807) is 0 Å². The van der Waals surface area contributed by atoms with E-state index in [1.165, 1.54) is 5.57 Å². The van der Waals surface area contributed by atoms with Gasteiger partial charge in [0.2, 0.25) is 0 Å². The summed E-state index contributed by atoms with van der Waals surface area (Å²) in [6, 6.07) is 10.6. The quantitative estimate of drug-likeness (QED) is 0.820. The first-order valence-corrected chi connectivity index (χ1v) is 7.05. The Bertz CT molecular complexity index is 555. The maximum Gasteiger partial charge on any atom is 0.0897 e. The van der Waals surface area contributed by atoms with Gasteiger partial charge in [-0.3, -0.25) is 0 Å². The smallest absolute Gasteiger partial charge is 0.0897 e. The second-order valence-electron chi connectivity index (χ2n) is 5.15. The van der Waals surface area contributed by atoms with Crippen LogP contribution in [0.5, 0.6) is 0 Å². The number of rotatable bonds is 6. The SMILES string of the molecule is C/C(=C/CCNC(C)C)c1cnnn1-c1ccccc1. The van der Waals surface area contributed by atoms with Crippen LogP contribution in [0.2, 0.25) is 0 Å². The number of hydrogen-bond donors (Lipinski definition) is 1. The first kappa shape index (κ1) is 14.5. The first-order valence-electron chi connectivity index (χ1n) is 7.05. The Labute approximate surface area is 120 Å². The fourth-order valence-corrected chi connectivity index (χ4v) is 2.03. The molecule has 0 bridgehead atoms. The van der Waals surface area contributed by atoms with Crippen molar-refractivity contribution in [2.45, 2.75) is 33.2 Å². The van der Waals surface area contributed by atoms with Crippen molar-refractivity contribution in [2.75, 3.05) is 6.54 Å². The van der Waals surface area contributed by atoms with Crippen LogP contribution in [0.4, 0.5) is 0 Å². The lowest BCUT2D eigenvalue weighted by Gasteiger charge is -2.08. The average Bonchev–Trinajstić information content (AvgIpc) is 2.93. The Morgan fingerprint density at radius 2 is 2.05 bits per heavy atom. The zero-order valence-electron chi connectivity index (χ0n) is 12.4. The highest BCUT2D eigenvalue weighted by Gasteiger charge is 2.07. The number of para-hydroxylation sites is 1. The number of benzene rings is 1. The van der Waals surface area contributed by atoms with E-state index >= 15 is 0 Å². The van der Waals surface area contributed by atoms with Crippen LogP contribution in [0.3, 0.4) is 0 Å². The zero-order valence-corrected chi connectivity index (χ0v) is 12.4. The molecular formula is C16H22N4. The largest absolute Gasteiger partial charge is 0.314 e. The molecule has 0 saturated heterocycles. The van der Waals surface area contributed by atoms with Gasteiger partial charge < -0.3 is 5.32 Å². The first-order chi connectivity index (χ1) is 9.68. The summed E-state index contributed by atoms with van der Waals surface area (Å²) < 4.78 is 1.88. The third kappa shape index (κ3) is 3.78. The van der Waals surface area contributed by atoms with Gasteiger partial charge in [0.25, 0.3) is 0 Å². The minimum absolute atomic E-state index is 0.528. The van der Waals surface area contributed by atoms with Crippen molar-refractivity contribution >= 4 is 5.57 Å². The van der Waals surface area contributed by atoms with Crippen molar-refractivity contribution in [1.29, 1.82) is 0 Å². The van der Waals surface area contributed by atoms with Crippen LogP contribution in [0, 0.1) is 0 Å². The van der Waals surface area contributed by atoms with Crippen LogP contribution in [0.15, 0.2) is 42.6 Å². The summed E-state index contributed by atoms with van der Waals surface area (Å²) in [6.45, 7) is 7.41. The van der Waals surface area contributed by atoms with Gasteiger partial charge in [0.15, 0.2) is 0 Å². The second kappa shape index (κ2) is 7.01. The van der Waals surface area contributed by atoms with E-state index in [0.29, 0.717) is 6.04 Å². The Morgan fingerprint density at radius 1 is 1.30 bits per heavy atom. The summed E-state index contributed by atoms with van der Waals surface area (Å²) in [4.78, 5) is 0. The van der Waals surface area contributed by atoms with Gasteiger partial charge in [0.1, 0.15) is 0 Å². The van der Waals surface area contributed by atoms with Crippen molar-refractivity contribution in [2.24, 2.45) is 0 Å². The van der Waals surface area contributed by atoms with Crippen molar-refractivity contribution in [1.82, 2.24) is 20.3 Å². The van der Waals surface area contributed by atoms with Gasteiger partial charge in [-0.1, -0.05) is 43.3 Å². The third-order valence-corrected chi connectivity index (χ3v) is 3.10. The fraction of sp³-hybridized carbons (Fsp3) is 0.375. The van der Waals surface area contributed by atoms with Crippen LogP contribution in [-0.4, -0.2) is 27.6 Å². The second-order valence-corrected chi connectivity index (χ2v) is 5.15. The summed E-state index contributed by atoms with van der Waals surface area (Å²) in [5.74, 6) is 0. The highest BCUT2D eigenvalue weighted by atomic mass is 15.4. The molecule has 4 nitrogen and oxygen atoms in total. The van der Waals surface area contributed by atoms with Crippen LogP contribution >= 0.6 is 0 Å². The summed E-state index contributed by atoms with van der Waals surface area (Å²) >= 11 is 0. The summed E-state index contributed by atoms with van der Waals surface area (Å²) in [7, 11) is 0. The summed E-state index contributed by atoms with van der Waals surface area (Å²) in [5, 5.41) is 11.6. The predicted octanol–water partition coefficient (Wildman–Crippen LogP) is 3.06. The van der Waals surface area contributed by atoms with E-state index in [-0.39, 0.29) is 0 Å². The van der Waals surface area contributed by atoms with E-state index in [4.69, 9.17) is 0 Å². The highest BCUT2D eigenvalue weighted by Crippen LogP contribution is 2.17. The molecule has 2 rings (SSSR count). The van der Waals surface area contributed by atoms with Gasteiger partial charge in [0, 0.05) is 6.04 Å². The monoisotopic (exact) mass is 270 g/mol. The van der Waals surface area contributed by atoms with Crippen LogP contribution in [0.25, 0.3) is 11.3 Å². The molecule has 0 radical (unpaired) electrons. The fourth-order valence-electron chi connectivity index (χ4n) is 2.03. The van der Waals surface area contributed by atoms with Crippen LogP contribution in [0.1, 0.15) is 32.9 Å². The molecule has 1 aromatic carbocycles. The van der Waals surface area contributed by atoms with Crippen molar-refractivity contribution < 1.29 is 0 Å². The van der Waals surface area contributed by atoms with Gasteiger partial charge in [-0.25, -0.2) is 4.68 Å². The van der Waals surface area contributed by atoms with E-state index in [2.05, 4.69) is 42.5 Å². The number of aromatic nitrogens is 3. The normalized spacial score (nSPS) is 12.1. The average molecular weight is 270 g/mol. The number of hydrogen-bond acceptors (Lipinski definition) is 3. The maximum absolute atomic E-state index is 4.17. The van der Waals surface area contributed by atoms with Gasteiger partial charge in [0.05, 0.1) is 17.6 Å². The molecule has 0 saturated carbocycles. The molecule has 0 spiro atoms. The molecule has 0 fully saturated rings. The molecule has 1 heterocycles. The highest BCUT2D eigenvalue weighted by molar-refractivity contribution is 5.61. The number of nitrogens with one attached hydrogen (secondary N) is 1. The lowest BCUT2D eigenvalue weighted by atomic mass is 10.2. The van der Waals surface area contributed by atoms with E-state index in [0.717, 1.165) is 24.3 Å². The minimum Gasteiger partial charge on any atom is -0.314 e. The van der Waals surface area contributed by atoms with Crippen molar-refractivity contribution in [3.8, 4) is 5.69 Å². The Morgan fingerprint density at radius 3 is 2.75 bits per heavy atom. The Hall–Kier alpha value is -1.94. The maximum atomic E-state index is 4.17. The van der Waals surface area contributed by atoms with Crippen molar-refractivity contribution in [3.05, 3.63) is 48.3 Å². The molecule has 4 heteroatoms. The standard InChI is InChI=1S/C16H22N4/c1-13(2)17-11-7-8-14(3)16-12-18-19-20(16)15-9-5-4-6-10-15/h4-6,8-10,12-13,17H,7,11H2,1-3H3/b14-8-. The third-order valence-electron chi connectivity index (χ3n) is 3.10. The van der Waals surface area contributed by atoms with Gasteiger partial charge in [-0.2, -0.15) is 0 Å². The lowest BCUT2D eigenvalue weighted by Crippen LogP contribution is -2.23. The lowest BCUT2D eigenvalue weighted by molar-refractivity contribution is 0.595. The molecule has 1 aromatic heterocycles. The molecule has 0 atom stereocenters. The topological polar surface area (TPSA) is 42.7 Å². The molecule has 1 N–H and O–H groups in total. The molecule has 0 amide bonds. The number of nitrogens with zero attached hydrogens (tertiary/aromatic N) is 3. The van der Waals surface area contributed by atoms with E-state index in [9.17, 15) is 0 Å². The molecule has 20 heavy (non-hydrogen) atoms. The van der Waals surface area contributed by atoms with Crippen LogP contribution < -0.4 is 5.32 Å². The summed E-state index contributed by atoms with van der Waals surface area (Å²) in [5.41, 5.74) is 3.28. The molecule has 106 valence electrons. The Balaban J connectivity index is 2.10. The van der Waals surface area contributed by atoms with Gasteiger partial charge >= 0.3 is 0 Å². The molecule has 2 aromatic rings. The van der Waals surface area contributed by atoms with Gasteiger partial charge in [-0.05, 0) is 37.6 Å². The van der Waals surface area contributed by atoms with E-state index in [1.807, 2.05) is 41.2 Å². The summed E-state index contributed by atoms with van der Waals surface area (Å²) in [6.07, 6.45) is 5.05.